The van der Waals surface area contributed by atoms with E-state index < -0.39 is 53.5 Å². The molecule has 204 valence electrons. The normalized spacial score (nSPS) is 23.7. The number of primary amides is 1. The Balaban J connectivity index is 1.49. The van der Waals surface area contributed by atoms with Crippen molar-refractivity contribution in [2.45, 2.75) is 35.6 Å². The maximum Gasteiger partial charge on any atom is 0.404 e. The monoisotopic (exact) mass is 659 g/mol. The molecular formula is C25H26INO10S. The first-order chi connectivity index (χ1) is 18.1. The molecule has 3 aromatic carbocycles. The van der Waals surface area contributed by atoms with Crippen LogP contribution in [0.2, 0.25) is 0 Å². The number of rotatable bonds is 10. The van der Waals surface area contributed by atoms with Gasteiger partial charge in [0.05, 0.1) is 18.1 Å². The van der Waals surface area contributed by atoms with Crippen molar-refractivity contribution in [2.75, 3.05) is 19.8 Å². The Morgan fingerprint density at radius 3 is 2.39 bits per heavy atom. The summed E-state index contributed by atoms with van der Waals surface area (Å²) in [4.78, 5) is 10.7. The van der Waals surface area contributed by atoms with Crippen molar-refractivity contribution in [3.63, 3.8) is 0 Å². The van der Waals surface area contributed by atoms with Gasteiger partial charge in [0.2, 0.25) is 6.29 Å². The van der Waals surface area contributed by atoms with Gasteiger partial charge >= 0.3 is 6.09 Å². The van der Waals surface area contributed by atoms with Crippen LogP contribution in [0.25, 0.3) is 10.8 Å². The Hall–Kier alpha value is -2.53. The minimum atomic E-state index is -4.22. The molecule has 1 fully saturated rings. The highest BCUT2D eigenvalue weighted by Crippen LogP contribution is 2.28. The van der Waals surface area contributed by atoms with Crippen molar-refractivity contribution in [1.82, 2.24) is 0 Å². The molecule has 1 aliphatic heterocycles. The molecule has 1 saturated heterocycles. The number of benzene rings is 3. The zero-order valence-electron chi connectivity index (χ0n) is 19.9. The van der Waals surface area contributed by atoms with E-state index in [0.29, 0.717) is 11.1 Å². The van der Waals surface area contributed by atoms with Gasteiger partial charge in [-0.05, 0) is 69.8 Å². The standard InChI is InChI=1S/C25H26INO10S/c26-17-6-8-18(9-7-17)36-24-22(29)23(33-11-12-34-25(27)30)21(28)20(37-24)14-35-38(31,32)19-10-5-15-3-1-2-4-16(15)13-19/h1-10,13,20-24,28-29H,11-12,14H2,(H2,27,30). The Bertz CT molecular complexity index is 1350. The molecule has 0 aromatic heterocycles. The third-order valence-corrected chi connectivity index (χ3v) is 7.74. The predicted molar refractivity (Wildman–Crippen MR) is 143 cm³/mol. The van der Waals surface area contributed by atoms with E-state index >= 15 is 0 Å². The summed E-state index contributed by atoms with van der Waals surface area (Å²) in [5.41, 5.74) is 4.94. The quantitative estimate of drug-likeness (QED) is 0.167. The maximum atomic E-state index is 12.9. The number of aliphatic hydroxyl groups excluding tert-OH is 2. The van der Waals surface area contributed by atoms with Gasteiger partial charge in [0, 0.05) is 3.57 Å². The average Bonchev–Trinajstić information content (AvgIpc) is 2.90. The zero-order chi connectivity index (χ0) is 27.3. The molecule has 13 heteroatoms. The maximum absolute atomic E-state index is 12.9. The first-order valence-electron chi connectivity index (χ1n) is 11.5. The summed E-state index contributed by atoms with van der Waals surface area (Å²) in [7, 11) is -4.22. The number of amides is 1. The second kappa shape index (κ2) is 12.5. The SMILES string of the molecule is NC(=O)OCCOC1C(O)C(COS(=O)(=O)c2ccc3ccccc3c2)OC(Oc2ccc(I)cc2)C1O. The van der Waals surface area contributed by atoms with Crippen LogP contribution in [0.5, 0.6) is 5.75 Å². The molecule has 1 amide bonds. The molecule has 11 nitrogen and oxygen atoms in total. The number of carbonyl (C=O) groups is 1. The van der Waals surface area contributed by atoms with Crippen LogP contribution < -0.4 is 10.5 Å². The fourth-order valence-corrected chi connectivity index (χ4v) is 5.17. The van der Waals surface area contributed by atoms with E-state index in [-0.39, 0.29) is 18.1 Å². The summed E-state index contributed by atoms with van der Waals surface area (Å²) in [6, 6.07) is 18.7. The molecule has 5 atom stereocenters. The van der Waals surface area contributed by atoms with Crippen LogP contribution in [-0.4, -0.2) is 75.3 Å². The van der Waals surface area contributed by atoms with Crippen LogP contribution in [0, 0.1) is 3.57 Å². The molecule has 4 N–H and O–H groups in total. The van der Waals surface area contributed by atoms with Gasteiger partial charge in [-0.15, -0.1) is 0 Å². The van der Waals surface area contributed by atoms with Crippen molar-refractivity contribution in [3.8, 4) is 5.75 Å². The van der Waals surface area contributed by atoms with Gasteiger partial charge in [-0.1, -0.05) is 30.3 Å². The molecule has 0 spiro atoms. The molecule has 1 aliphatic rings. The van der Waals surface area contributed by atoms with Gasteiger partial charge in [0.15, 0.2) is 0 Å². The van der Waals surface area contributed by atoms with Crippen molar-refractivity contribution >= 4 is 49.6 Å². The van der Waals surface area contributed by atoms with Gasteiger partial charge in [0.25, 0.3) is 10.1 Å². The smallest absolute Gasteiger partial charge is 0.404 e. The lowest BCUT2D eigenvalue weighted by Crippen LogP contribution is -2.61. The fraction of sp³-hybridized carbons (Fsp3) is 0.320. The van der Waals surface area contributed by atoms with Crippen LogP contribution in [0.1, 0.15) is 0 Å². The molecule has 1 heterocycles. The summed E-state index contributed by atoms with van der Waals surface area (Å²) in [6.07, 6.45) is -7.88. The van der Waals surface area contributed by atoms with Crippen LogP contribution in [-0.2, 0) is 28.5 Å². The summed E-state index contributed by atoms with van der Waals surface area (Å²) in [5, 5.41) is 23.3. The predicted octanol–water partition coefficient (Wildman–Crippen LogP) is 2.16. The Labute approximate surface area is 232 Å². The third kappa shape index (κ3) is 7.11. The summed E-state index contributed by atoms with van der Waals surface area (Å²) in [5.74, 6) is 0.366. The van der Waals surface area contributed by atoms with Crippen LogP contribution in [0.3, 0.4) is 0 Å². The van der Waals surface area contributed by atoms with E-state index in [1.165, 1.54) is 12.1 Å². The highest BCUT2D eigenvalue weighted by atomic mass is 127. The molecule has 5 unspecified atom stereocenters. The van der Waals surface area contributed by atoms with Gasteiger partial charge in [-0.3, -0.25) is 4.18 Å². The second-order valence-corrected chi connectivity index (χ2v) is 11.2. The Kier molecular flexibility index (Phi) is 9.40. The highest BCUT2D eigenvalue weighted by molar-refractivity contribution is 14.1. The number of nitrogens with two attached hydrogens (primary N) is 1. The lowest BCUT2D eigenvalue weighted by Gasteiger charge is -2.41. The summed E-state index contributed by atoms with van der Waals surface area (Å²) < 4.78 is 53.7. The number of halogens is 1. The van der Waals surface area contributed by atoms with E-state index in [1.54, 1.807) is 42.5 Å². The topological polar surface area (TPSA) is 164 Å². The second-order valence-electron chi connectivity index (χ2n) is 8.35. The number of hydrogen-bond donors (Lipinski definition) is 3. The van der Waals surface area contributed by atoms with Crippen LogP contribution >= 0.6 is 22.6 Å². The molecule has 0 saturated carbocycles. The van der Waals surface area contributed by atoms with Crippen molar-refractivity contribution in [1.29, 1.82) is 0 Å². The minimum absolute atomic E-state index is 0.0652. The Morgan fingerprint density at radius 2 is 1.68 bits per heavy atom. The summed E-state index contributed by atoms with van der Waals surface area (Å²) in [6.45, 7) is -1.03. The molecule has 38 heavy (non-hydrogen) atoms. The van der Waals surface area contributed by atoms with Gasteiger partial charge in [-0.25, -0.2) is 4.79 Å². The molecule has 0 bridgehead atoms. The number of ether oxygens (including phenoxy) is 4. The Morgan fingerprint density at radius 1 is 0.974 bits per heavy atom. The van der Waals surface area contributed by atoms with Crippen molar-refractivity contribution in [3.05, 3.63) is 70.3 Å². The van der Waals surface area contributed by atoms with Crippen LogP contribution in [0.4, 0.5) is 4.79 Å². The highest BCUT2D eigenvalue weighted by Gasteiger charge is 2.47. The molecule has 0 aliphatic carbocycles. The van der Waals surface area contributed by atoms with E-state index in [1.807, 2.05) is 12.1 Å². The first-order valence-corrected chi connectivity index (χ1v) is 14.0. The van der Waals surface area contributed by atoms with E-state index in [2.05, 4.69) is 27.3 Å². The van der Waals surface area contributed by atoms with E-state index in [0.717, 1.165) is 8.96 Å². The number of aliphatic hydroxyl groups is 2. The van der Waals surface area contributed by atoms with E-state index in [4.69, 9.17) is 24.1 Å². The largest absolute Gasteiger partial charge is 0.462 e. The van der Waals surface area contributed by atoms with Gasteiger partial charge in [0.1, 0.15) is 36.8 Å². The molecule has 3 aromatic rings. The van der Waals surface area contributed by atoms with E-state index in [9.17, 15) is 23.4 Å². The van der Waals surface area contributed by atoms with Crippen molar-refractivity contribution in [2.24, 2.45) is 5.73 Å². The number of hydrogen-bond acceptors (Lipinski definition) is 10. The van der Waals surface area contributed by atoms with Crippen LogP contribution in [0.15, 0.2) is 71.6 Å². The molecule has 4 rings (SSSR count). The van der Waals surface area contributed by atoms with Crippen molar-refractivity contribution < 1.29 is 46.6 Å². The molecule has 0 radical (unpaired) electrons. The number of carbonyl (C=O) groups excluding carboxylic acids is 1. The lowest BCUT2D eigenvalue weighted by molar-refractivity contribution is -0.285. The number of fused-ring (bicyclic) bond motifs is 1. The average molecular weight is 659 g/mol. The minimum Gasteiger partial charge on any atom is -0.462 e. The summed E-state index contributed by atoms with van der Waals surface area (Å²) >= 11 is 2.12. The zero-order valence-corrected chi connectivity index (χ0v) is 22.9. The fourth-order valence-electron chi connectivity index (χ4n) is 3.86. The lowest BCUT2D eigenvalue weighted by atomic mass is 9.99. The molecular weight excluding hydrogens is 633 g/mol. The third-order valence-electron chi connectivity index (χ3n) is 5.74. The van der Waals surface area contributed by atoms with Gasteiger partial charge < -0.3 is 34.9 Å². The van der Waals surface area contributed by atoms with Gasteiger partial charge in [-0.2, -0.15) is 8.42 Å². The first kappa shape index (κ1) is 28.5.